The Hall–Kier alpha value is -12.3. The van der Waals surface area contributed by atoms with Crippen molar-refractivity contribution in [1.82, 2.24) is 79.7 Å². The second-order valence-corrected chi connectivity index (χ2v) is 18.6. The summed E-state index contributed by atoms with van der Waals surface area (Å²) in [6.07, 6.45) is 14.1. The monoisotopic (exact) mass is 1070 g/mol. The third kappa shape index (κ3) is 7.11. The van der Waals surface area contributed by atoms with Crippen molar-refractivity contribution in [3.8, 4) is 113 Å². The van der Waals surface area contributed by atoms with Gasteiger partial charge in [0.15, 0.2) is 0 Å². The molecule has 82 heavy (non-hydrogen) atoms. The summed E-state index contributed by atoms with van der Waals surface area (Å²) in [5.41, 5.74) is 4.72. The van der Waals surface area contributed by atoms with E-state index in [2.05, 4.69) is 79.7 Å². The number of hydrogen-bond donors (Lipinski definition) is 0. The first-order valence-electron chi connectivity index (χ1n) is 24.5. The van der Waals surface area contributed by atoms with Crippen LogP contribution in [0.5, 0.6) is 0 Å². The summed E-state index contributed by atoms with van der Waals surface area (Å²) in [6, 6.07) is 20.3. The molecule has 0 amide bonds. The van der Waals surface area contributed by atoms with Gasteiger partial charge >= 0.3 is 0 Å². The Labute approximate surface area is 456 Å². The number of hydrogen-bond acceptors (Lipinski definition) is 24. The van der Waals surface area contributed by atoms with Crippen molar-refractivity contribution in [3.63, 3.8) is 0 Å². The summed E-state index contributed by atoms with van der Waals surface area (Å²) in [5, 5.41) is 0. The molecule has 4 aliphatic carbocycles. The van der Waals surface area contributed by atoms with E-state index in [1.807, 2.05) is 0 Å². The van der Waals surface area contributed by atoms with Gasteiger partial charge in [0.05, 0.1) is 71.3 Å². The molecule has 15 rings (SSSR count). The van der Waals surface area contributed by atoms with E-state index >= 15 is 0 Å². The van der Waals surface area contributed by atoms with E-state index in [0.717, 1.165) is 0 Å². The number of aromatic nitrogens is 16. The molecule has 0 bridgehead atoms. The van der Waals surface area contributed by atoms with Crippen LogP contribution in [-0.2, 0) is 0 Å². The molecule has 0 spiro atoms. The van der Waals surface area contributed by atoms with Crippen molar-refractivity contribution in [2.75, 3.05) is 0 Å². The number of carbonyl (C=O) groups excluding carboxylic acids is 8. The SMILES string of the molecule is O=C1C(=O)c2nc(-c3ccc(-c4cnc5c(n4)C(=O)C(=O)c4nc(-c6ccc(-c7cnc8c(n7)C(=O)C(=O)c7nc(-c9ccc(-c%10cnc%11c(n%10)C(=O)C(=O)c%10nccnc%10-%11)cc9)cnc7-8)cc6)cnc4-5)cc3)cnc2-c2nccnc21. The fraction of sp³-hybridized carbons (Fsp3) is 0. The van der Waals surface area contributed by atoms with Gasteiger partial charge in [0.1, 0.15) is 91.1 Å². The first-order valence-corrected chi connectivity index (χ1v) is 24.5. The fourth-order valence-electron chi connectivity index (χ4n) is 9.81. The fourth-order valence-corrected chi connectivity index (χ4v) is 9.81. The molecule has 382 valence electrons. The minimum atomic E-state index is -0.925. The summed E-state index contributed by atoms with van der Waals surface area (Å²) in [4.78, 5) is 176. The lowest BCUT2D eigenvalue weighted by molar-refractivity contribution is 0.0808. The summed E-state index contributed by atoms with van der Waals surface area (Å²) >= 11 is 0. The van der Waals surface area contributed by atoms with Gasteiger partial charge in [0, 0.05) is 58.2 Å². The van der Waals surface area contributed by atoms with Gasteiger partial charge in [-0.15, -0.1) is 0 Å². The maximum absolute atomic E-state index is 13.6. The summed E-state index contributed by atoms with van der Waals surface area (Å²) in [6.45, 7) is 0. The molecule has 0 N–H and O–H groups in total. The molecule has 0 saturated heterocycles. The summed E-state index contributed by atoms with van der Waals surface area (Å²) < 4.78 is 0. The lowest BCUT2D eigenvalue weighted by Gasteiger charge is -2.17. The first-order chi connectivity index (χ1) is 39.9. The Morgan fingerprint density at radius 2 is 0.317 bits per heavy atom. The Kier molecular flexibility index (Phi) is 10.1. The zero-order valence-corrected chi connectivity index (χ0v) is 41.1. The molecule has 8 aromatic heterocycles. The van der Waals surface area contributed by atoms with E-state index in [4.69, 9.17) is 0 Å². The minimum absolute atomic E-state index is 0.0738. The molecular formula is C58H22N16O8. The second-order valence-electron chi connectivity index (χ2n) is 18.6. The molecule has 0 saturated carbocycles. The Morgan fingerprint density at radius 3 is 0.500 bits per heavy atom. The summed E-state index contributed by atoms with van der Waals surface area (Å²) in [5.74, 6) is -7.02. The topological polar surface area (TPSA) is 343 Å². The molecule has 0 aliphatic heterocycles. The van der Waals surface area contributed by atoms with Crippen LogP contribution in [0, 0.1) is 0 Å². The van der Waals surface area contributed by atoms with Gasteiger partial charge in [-0.25, -0.2) is 69.8 Å². The molecule has 0 radical (unpaired) electrons. The van der Waals surface area contributed by atoms with Crippen LogP contribution < -0.4 is 0 Å². The van der Waals surface area contributed by atoms with Gasteiger partial charge in [0.2, 0.25) is 0 Å². The van der Waals surface area contributed by atoms with E-state index in [-0.39, 0.29) is 114 Å². The van der Waals surface area contributed by atoms with Crippen LogP contribution in [0.4, 0.5) is 0 Å². The van der Waals surface area contributed by atoms with Crippen molar-refractivity contribution < 1.29 is 38.4 Å². The van der Waals surface area contributed by atoms with Crippen molar-refractivity contribution >= 4 is 46.3 Å². The van der Waals surface area contributed by atoms with E-state index < -0.39 is 46.3 Å². The minimum Gasteiger partial charge on any atom is -0.283 e. The van der Waals surface area contributed by atoms with Crippen LogP contribution >= 0.6 is 0 Å². The Morgan fingerprint density at radius 1 is 0.171 bits per heavy atom. The number of rotatable bonds is 6. The van der Waals surface area contributed by atoms with Crippen LogP contribution in [0.1, 0.15) is 83.9 Å². The van der Waals surface area contributed by atoms with Crippen molar-refractivity contribution in [3.05, 3.63) is 180 Å². The van der Waals surface area contributed by atoms with Crippen molar-refractivity contribution in [2.45, 2.75) is 0 Å². The van der Waals surface area contributed by atoms with Crippen LogP contribution in [0.25, 0.3) is 113 Å². The molecule has 11 aromatic rings. The van der Waals surface area contributed by atoms with E-state index in [0.29, 0.717) is 44.8 Å². The highest BCUT2D eigenvalue weighted by molar-refractivity contribution is 6.53. The average Bonchev–Trinajstić information content (AvgIpc) is 3.10. The smallest absolute Gasteiger partial charge is 0.255 e. The van der Waals surface area contributed by atoms with Crippen molar-refractivity contribution in [1.29, 1.82) is 0 Å². The number of fused-ring (bicyclic) bond motifs is 12. The van der Waals surface area contributed by atoms with Crippen LogP contribution in [0.15, 0.2) is 135 Å². The number of benzene rings is 3. The van der Waals surface area contributed by atoms with Crippen molar-refractivity contribution in [2.24, 2.45) is 0 Å². The quantitative estimate of drug-likeness (QED) is 0.167. The number of Topliss-reactive ketones (excluding diaryl/α,β-unsaturated/α-hetero) is 8. The number of carbonyl (C=O) groups is 8. The van der Waals surface area contributed by atoms with Gasteiger partial charge in [0.25, 0.3) is 46.3 Å². The van der Waals surface area contributed by atoms with Gasteiger partial charge in [-0.3, -0.25) is 48.3 Å². The van der Waals surface area contributed by atoms with Gasteiger partial charge in [-0.2, -0.15) is 0 Å². The van der Waals surface area contributed by atoms with Gasteiger partial charge < -0.3 is 0 Å². The predicted molar refractivity (Wildman–Crippen MR) is 280 cm³/mol. The molecule has 0 fully saturated rings. The Balaban J connectivity index is 0.649. The lowest BCUT2D eigenvalue weighted by Crippen LogP contribution is -2.26. The van der Waals surface area contributed by atoms with E-state index in [1.54, 1.807) is 72.8 Å². The highest BCUT2D eigenvalue weighted by Gasteiger charge is 2.40. The zero-order valence-electron chi connectivity index (χ0n) is 41.1. The van der Waals surface area contributed by atoms with E-state index in [9.17, 15) is 38.4 Å². The van der Waals surface area contributed by atoms with Crippen LogP contribution in [0.3, 0.4) is 0 Å². The van der Waals surface area contributed by atoms with Crippen LogP contribution in [-0.4, -0.2) is 126 Å². The largest absolute Gasteiger partial charge is 0.283 e. The van der Waals surface area contributed by atoms with Gasteiger partial charge in [-0.1, -0.05) is 72.8 Å². The molecule has 24 nitrogen and oxygen atoms in total. The van der Waals surface area contributed by atoms with Gasteiger partial charge in [-0.05, 0) is 0 Å². The predicted octanol–water partition coefficient (Wildman–Crippen LogP) is 6.19. The molecule has 8 heterocycles. The summed E-state index contributed by atoms with van der Waals surface area (Å²) in [7, 11) is 0. The van der Waals surface area contributed by atoms with Crippen LogP contribution in [0.2, 0.25) is 0 Å². The average molecular weight is 1070 g/mol. The lowest BCUT2D eigenvalue weighted by atomic mass is 9.96. The zero-order chi connectivity index (χ0) is 55.7. The second kappa shape index (κ2) is 17.6. The Bertz CT molecular complexity index is 4560. The molecule has 3 aromatic carbocycles. The molecular weight excluding hydrogens is 1050 g/mol. The normalized spacial score (nSPS) is 13.6. The highest BCUT2D eigenvalue weighted by Crippen LogP contribution is 2.37. The standard InChI is InChI=1S/C58H22N16O8/c75-51-43-35(59-13-15-61-43)37-45(53(51)77)69-29(17-63-37)23-1-5-25(6-2-23)31-19-65-39-41-49(57(81)55(79)47(39)71-31)73-33(21-67-41)27-9-11-28(12-10-27)34-22-68-42-40-48(56(80)58(82)50(42)74-34)72-32(20-66-40)26-7-3-24(4-8-26)30-18-64-38-36-44(62-16-14-60-36)52(76)54(78)46(38)70-30/h1-22H. The molecule has 0 unspecified atom stereocenters. The van der Waals surface area contributed by atoms with E-state index in [1.165, 1.54) is 62.0 Å². The molecule has 24 heteroatoms. The highest BCUT2D eigenvalue weighted by atomic mass is 16.2. The number of ketones is 8. The third-order valence-electron chi connectivity index (χ3n) is 13.9. The molecule has 4 aliphatic rings. The molecule has 0 atom stereocenters. The maximum Gasteiger partial charge on any atom is 0.255 e. The number of nitrogens with zero attached hydrogens (tertiary/aromatic N) is 16. The third-order valence-corrected chi connectivity index (χ3v) is 13.9. The maximum atomic E-state index is 13.6. The first kappa shape index (κ1) is 46.9.